The van der Waals surface area contributed by atoms with Gasteiger partial charge in [0.1, 0.15) is 17.5 Å². The van der Waals surface area contributed by atoms with E-state index in [4.69, 9.17) is 0 Å². The Labute approximate surface area is 119 Å². The molecule has 0 aliphatic rings. The summed E-state index contributed by atoms with van der Waals surface area (Å²) in [5.41, 5.74) is 0. The number of nitrogens with zero attached hydrogens (tertiary/aromatic N) is 5. The molecule has 0 spiro atoms. The van der Waals surface area contributed by atoms with Crippen LogP contribution in [0.15, 0.2) is 6.07 Å². The van der Waals surface area contributed by atoms with Crippen LogP contribution in [0.3, 0.4) is 0 Å². The minimum atomic E-state index is 0.789. The van der Waals surface area contributed by atoms with Crippen LogP contribution >= 0.6 is 0 Å². The van der Waals surface area contributed by atoms with E-state index in [9.17, 15) is 0 Å². The molecule has 0 aromatic carbocycles. The molecule has 0 radical (unpaired) electrons. The van der Waals surface area contributed by atoms with Gasteiger partial charge in [-0.25, -0.2) is 15.0 Å². The molecule has 0 fully saturated rings. The third-order valence-electron chi connectivity index (χ3n) is 3.06. The third-order valence-corrected chi connectivity index (χ3v) is 3.06. The third kappa shape index (κ3) is 2.95. The van der Waals surface area contributed by atoms with E-state index in [2.05, 4.69) is 46.1 Å². The Balaban J connectivity index is 2.50. The summed E-state index contributed by atoms with van der Waals surface area (Å²) in [6.45, 7) is 6.25. The smallest absolute Gasteiger partial charge is 0.161 e. The first-order valence-corrected chi connectivity index (χ1v) is 7.22. The zero-order chi connectivity index (χ0) is 14.5. The minimum absolute atomic E-state index is 0.789. The van der Waals surface area contributed by atoms with E-state index in [0.717, 1.165) is 54.8 Å². The lowest BCUT2D eigenvalue weighted by molar-refractivity contribution is 0.744. The molecule has 6 nitrogen and oxygen atoms in total. The maximum Gasteiger partial charge on any atom is 0.161 e. The van der Waals surface area contributed by atoms with E-state index in [1.807, 2.05) is 17.8 Å². The van der Waals surface area contributed by atoms with Crippen LogP contribution in [0.25, 0.3) is 5.82 Å². The lowest BCUT2D eigenvalue weighted by atomic mass is 10.3. The highest BCUT2D eigenvalue weighted by Gasteiger charge is 2.12. The Morgan fingerprint density at radius 1 is 1.05 bits per heavy atom. The molecule has 0 unspecified atom stereocenters. The van der Waals surface area contributed by atoms with Crippen molar-refractivity contribution in [3.63, 3.8) is 0 Å². The Kier molecular flexibility index (Phi) is 4.65. The van der Waals surface area contributed by atoms with Gasteiger partial charge in [-0.05, 0) is 6.42 Å². The van der Waals surface area contributed by atoms with E-state index in [-0.39, 0.29) is 0 Å². The summed E-state index contributed by atoms with van der Waals surface area (Å²) in [5, 5.41) is 7.62. The predicted molar refractivity (Wildman–Crippen MR) is 79.2 cm³/mol. The van der Waals surface area contributed by atoms with Gasteiger partial charge < -0.3 is 5.32 Å². The molecular weight excluding hydrogens is 252 g/mol. The van der Waals surface area contributed by atoms with E-state index >= 15 is 0 Å². The van der Waals surface area contributed by atoms with Crippen molar-refractivity contribution in [1.82, 2.24) is 24.7 Å². The van der Waals surface area contributed by atoms with Gasteiger partial charge in [-0.2, -0.15) is 4.68 Å². The van der Waals surface area contributed by atoms with Gasteiger partial charge in [-0.3, -0.25) is 0 Å². The molecule has 0 atom stereocenters. The number of hydrogen-bond acceptors (Lipinski definition) is 5. The summed E-state index contributed by atoms with van der Waals surface area (Å²) >= 11 is 0. The largest absolute Gasteiger partial charge is 0.373 e. The Morgan fingerprint density at radius 2 is 1.85 bits per heavy atom. The summed E-state index contributed by atoms with van der Waals surface area (Å²) in [5.74, 6) is 4.23. The highest BCUT2D eigenvalue weighted by Crippen LogP contribution is 2.14. The van der Waals surface area contributed by atoms with Crippen molar-refractivity contribution in [3.05, 3.63) is 23.5 Å². The fourth-order valence-corrected chi connectivity index (χ4v) is 2.01. The molecule has 108 valence electrons. The molecule has 2 aromatic rings. The number of aryl methyl sites for hydroxylation is 3. The number of nitrogens with one attached hydrogen (secondary N) is 1. The van der Waals surface area contributed by atoms with Gasteiger partial charge in [0.05, 0.1) is 0 Å². The zero-order valence-electron chi connectivity index (χ0n) is 12.6. The topological polar surface area (TPSA) is 68.5 Å². The molecule has 0 aliphatic carbocycles. The quantitative estimate of drug-likeness (QED) is 0.874. The Hall–Kier alpha value is -1.98. The lowest BCUT2D eigenvalue weighted by Gasteiger charge is -2.08. The molecule has 0 amide bonds. The summed E-state index contributed by atoms with van der Waals surface area (Å²) < 4.78 is 1.83. The highest BCUT2D eigenvalue weighted by atomic mass is 15.4. The number of rotatable bonds is 6. The van der Waals surface area contributed by atoms with Crippen LogP contribution in [0.1, 0.15) is 44.7 Å². The first-order valence-electron chi connectivity index (χ1n) is 7.22. The average Bonchev–Trinajstić information content (AvgIpc) is 2.90. The molecule has 1 N–H and O–H groups in total. The predicted octanol–water partition coefficient (Wildman–Crippen LogP) is 2.18. The van der Waals surface area contributed by atoms with Crippen molar-refractivity contribution in [2.75, 3.05) is 12.4 Å². The van der Waals surface area contributed by atoms with Crippen molar-refractivity contribution >= 4 is 5.82 Å². The van der Waals surface area contributed by atoms with E-state index in [1.165, 1.54) is 0 Å². The SMILES string of the molecule is CCCc1nc(NC)cc(-n2nc(CC)nc2CC)n1. The summed E-state index contributed by atoms with van der Waals surface area (Å²) in [4.78, 5) is 13.6. The molecule has 0 saturated carbocycles. The number of anilines is 1. The molecular formula is C14H22N6. The second-order valence-corrected chi connectivity index (χ2v) is 4.59. The van der Waals surface area contributed by atoms with Gasteiger partial charge in [-0.15, -0.1) is 5.10 Å². The fourth-order valence-electron chi connectivity index (χ4n) is 2.01. The first kappa shape index (κ1) is 14.4. The average molecular weight is 274 g/mol. The van der Waals surface area contributed by atoms with Gasteiger partial charge in [0, 0.05) is 32.4 Å². The van der Waals surface area contributed by atoms with Gasteiger partial charge in [0.25, 0.3) is 0 Å². The van der Waals surface area contributed by atoms with E-state index < -0.39 is 0 Å². The maximum absolute atomic E-state index is 4.61. The van der Waals surface area contributed by atoms with Gasteiger partial charge >= 0.3 is 0 Å². The molecule has 2 rings (SSSR count). The van der Waals surface area contributed by atoms with Crippen LogP contribution < -0.4 is 5.32 Å². The maximum atomic E-state index is 4.61. The standard InChI is InChI=1S/C14H22N6/c1-5-8-11-16-12(15-4)9-14(18-11)20-13(7-3)17-10(6-2)19-20/h9H,5-8H2,1-4H3,(H,15,16,18). The number of aromatic nitrogens is 5. The molecule has 0 bridgehead atoms. The first-order chi connectivity index (χ1) is 9.71. The highest BCUT2D eigenvalue weighted by molar-refractivity contribution is 5.41. The summed E-state index contributed by atoms with van der Waals surface area (Å²) in [7, 11) is 1.86. The Bertz CT molecular complexity index is 575. The molecule has 2 aromatic heterocycles. The molecule has 6 heteroatoms. The minimum Gasteiger partial charge on any atom is -0.373 e. The van der Waals surface area contributed by atoms with E-state index in [0.29, 0.717) is 0 Å². The monoisotopic (exact) mass is 274 g/mol. The van der Waals surface area contributed by atoms with E-state index in [1.54, 1.807) is 0 Å². The van der Waals surface area contributed by atoms with Crippen molar-refractivity contribution in [2.24, 2.45) is 0 Å². The van der Waals surface area contributed by atoms with Gasteiger partial charge in [0.15, 0.2) is 11.6 Å². The van der Waals surface area contributed by atoms with Crippen LogP contribution in [0, 0.1) is 0 Å². The lowest BCUT2D eigenvalue weighted by Crippen LogP contribution is -2.09. The molecule has 2 heterocycles. The van der Waals surface area contributed by atoms with Crippen molar-refractivity contribution in [3.8, 4) is 5.82 Å². The summed E-state index contributed by atoms with van der Waals surface area (Å²) in [6, 6.07) is 1.91. The summed E-state index contributed by atoms with van der Waals surface area (Å²) in [6.07, 6.45) is 3.53. The van der Waals surface area contributed by atoms with Crippen molar-refractivity contribution in [1.29, 1.82) is 0 Å². The van der Waals surface area contributed by atoms with Gasteiger partial charge in [0.2, 0.25) is 0 Å². The molecule has 0 aliphatic heterocycles. The Morgan fingerprint density at radius 3 is 2.45 bits per heavy atom. The second-order valence-electron chi connectivity index (χ2n) is 4.59. The fraction of sp³-hybridized carbons (Fsp3) is 0.571. The van der Waals surface area contributed by atoms with Crippen LogP contribution in [-0.4, -0.2) is 31.8 Å². The van der Waals surface area contributed by atoms with Crippen molar-refractivity contribution < 1.29 is 0 Å². The van der Waals surface area contributed by atoms with Crippen LogP contribution in [-0.2, 0) is 19.3 Å². The van der Waals surface area contributed by atoms with Crippen molar-refractivity contribution in [2.45, 2.75) is 46.5 Å². The second kappa shape index (κ2) is 6.45. The normalized spacial score (nSPS) is 10.8. The van der Waals surface area contributed by atoms with Gasteiger partial charge in [-0.1, -0.05) is 20.8 Å². The molecule has 0 saturated heterocycles. The number of hydrogen-bond donors (Lipinski definition) is 1. The van der Waals surface area contributed by atoms with Crippen LogP contribution in [0.2, 0.25) is 0 Å². The van der Waals surface area contributed by atoms with Crippen LogP contribution in [0.4, 0.5) is 5.82 Å². The van der Waals surface area contributed by atoms with Crippen LogP contribution in [0.5, 0.6) is 0 Å². The zero-order valence-corrected chi connectivity index (χ0v) is 12.6. The molecule has 20 heavy (non-hydrogen) atoms.